The minimum Gasteiger partial charge on any atom is -0.493 e. The first kappa shape index (κ1) is 19.8. The first-order chi connectivity index (χ1) is 12.1. The van der Waals surface area contributed by atoms with E-state index in [0.717, 1.165) is 18.4 Å². The maximum absolute atomic E-state index is 12.5. The lowest BCUT2D eigenvalue weighted by Crippen LogP contribution is -2.31. The molecule has 7 heteroatoms. The van der Waals surface area contributed by atoms with Crippen LogP contribution in [0.1, 0.15) is 25.3 Å². The molecule has 0 saturated carbocycles. The lowest BCUT2D eigenvalue weighted by molar-refractivity contribution is -0.122. The van der Waals surface area contributed by atoms with E-state index in [9.17, 15) is 4.79 Å². The van der Waals surface area contributed by atoms with Gasteiger partial charge in [-0.15, -0.1) is 0 Å². The Morgan fingerprint density at radius 3 is 2.72 bits per heavy atom. The minimum atomic E-state index is -0.0886. The minimum absolute atomic E-state index is 0.0886. The molecule has 0 unspecified atom stereocenters. The zero-order chi connectivity index (χ0) is 18.2. The van der Waals surface area contributed by atoms with Gasteiger partial charge >= 0.3 is 0 Å². The Balaban J connectivity index is 2.15. The third-order valence-corrected chi connectivity index (χ3v) is 5.01. The molecule has 1 aliphatic rings. The largest absolute Gasteiger partial charge is 0.493 e. The van der Waals surface area contributed by atoms with Gasteiger partial charge in [-0.2, -0.15) is 0 Å². The summed E-state index contributed by atoms with van der Waals surface area (Å²) in [5, 5.41) is 0. The smallest absolute Gasteiger partial charge is 0.266 e. The quantitative estimate of drug-likeness (QED) is 0.369. The van der Waals surface area contributed by atoms with Gasteiger partial charge < -0.3 is 14.2 Å². The van der Waals surface area contributed by atoms with E-state index in [1.165, 1.54) is 11.8 Å². The van der Waals surface area contributed by atoms with Gasteiger partial charge in [-0.05, 0) is 30.2 Å². The average Bonchev–Trinajstić information content (AvgIpc) is 2.87. The van der Waals surface area contributed by atoms with Crippen molar-refractivity contribution in [2.45, 2.75) is 19.8 Å². The summed E-state index contributed by atoms with van der Waals surface area (Å²) >= 11 is 6.58. The molecule has 5 nitrogen and oxygen atoms in total. The molecular weight excluding hydrogens is 358 g/mol. The zero-order valence-electron chi connectivity index (χ0n) is 14.7. The summed E-state index contributed by atoms with van der Waals surface area (Å²) in [5.74, 6) is 1.27. The van der Waals surface area contributed by atoms with Crippen LogP contribution in [0.15, 0.2) is 23.1 Å². The summed E-state index contributed by atoms with van der Waals surface area (Å²) in [6, 6.07) is 5.64. The molecule has 1 heterocycles. The molecule has 0 bridgehead atoms. The number of ether oxygens (including phenoxy) is 3. The Morgan fingerprint density at radius 2 is 2.04 bits per heavy atom. The van der Waals surface area contributed by atoms with E-state index < -0.39 is 0 Å². The Labute approximate surface area is 158 Å². The van der Waals surface area contributed by atoms with Crippen molar-refractivity contribution < 1.29 is 19.0 Å². The summed E-state index contributed by atoms with van der Waals surface area (Å²) in [5.41, 5.74) is 0.868. The van der Waals surface area contributed by atoms with E-state index in [-0.39, 0.29) is 5.91 Å². The number of methoxy groups -OCH3 is 2. The Kier molecular flexibility index (Phi) is 7.74. The lowest BCUT2D eigenvalue weighted by Gasteiger charge is -2.13. The molecule has 25 heavy (non-hydrogen) atoms. The topological polar surface area (TPSA) is 48.0 Å². The van der Waals surface area contributed by atoms with Gasteiger partial charge in [0.1, 0.15) is 4.32 Å². The van der Waals surface area contributed by atoms with E-state index in [4.69, 9.17) is 26.4 Å². The molecule has 0 radical (unpaired) electrons. The van der Waals surface area contributed by atoms with Crippen molar-refractivity contribution >= 4 is 40.3 Å². The van der Waals surface area contributed by atoms with Gasteiger partial charge in [-0.3, -0.25) is 9.69 Å². The highest BCUT2D eigenvalue weighted by atomic mass is 32.2. The van der Waals surface area contributed by atoms with Crippen LogP contribution in [0, 0.1) is 0 Å². The summed E-state index contributed by atoms with van der Waals surface area (Å²) in [4.78, 5) is 14.6. The fourth-order valence-electron chi connectivity index (χ4n) is 2.25. The number of thiocarbonyl (C=S) groups is 1. The predicted molar refractivity (Wildman–Crippen MR) is 105 cm³/mol. The number of benzene rings is 1. The molecule has 0 N–H and O–H groups in total. The van der Waals surface area contributed by atoms with Crippen molar-refractivity contribution in [2.75, 3.05) is 34.0 Å². The monoisotopic (exact) mass is 381 g/mol. The van der Waals surface area contributed by atoms with Gasteiger partial charge in [0.15, 0.2) is 11.5 Å². The van der Waals surface area contributed by atoms with E-state index in [2.05, 4.69) is 6.92 Å². The van der Waals surface area contributed by atoms with Crippen LogP contribution in [-0.2, 0) is 9.53 Å². The predicted octanol–water partition coefficient (Wildman–Crippen LogP) is 3.72. The van der Waals surface area contributed by atoms with Crippen molar-refractivity contribution in [2.24, 2.45) is 0 Å². The second kappa shape index (κ2) is 9.79. The molecule has 0 spiro atoms. The van der Waals surface area contributed by atoms with Crippen LogP contribution in [0.4, 0.5) is 0 Å². The lowest BCUT2D eigenvalue weighted by atomic mass is 10.2. The molecule has 136 valence electrons. The van der Waals surface area contributed by atoms with Crippen molar-refractivity contribution in [3.8, 4) is 11.5 Å². The Bertz CT molecular complexity index is 660. The van der Waals surface area contributed by atoms with Crippen molar-refractivity contribution in [1.29, 1.82) is 0 Å². The average molecular weight is 382 g/mol. The van der Waals surface area contributed by atoms with Crippen LogP contribution in [0.5, 0.6) is 11.5 Å². The summed E-state index contributed by atoms with van der Waals surface area (Å²) in [7, 11) is 3.21. The molecule has 1 aromatic rings. The molecule has 1 amide bonds. The van der Waals surface area contributed by atoms with Crippen LogP contribution in [0.25, 0.3) is 6.08 Å². The first-order valence-corrected chi connectivity index (χ1v) is 9.38. The second-order valence-electron chi connectivity index (χ2n) is 5.44. The van der Waals surface area contributed by atoms with Crippen LogP contribution in [0.2, 0.25) is 0 Å². The number of rotatable bonds is 9. The van der Waals surface area contributed by atoms with Gasteiger partial charge in [0.05, 0.1) is 31.8 Å². The van der Waals surface area contributed by atoms with Gasteiger partial charge in [-0.25, -0.2) is 0 Å². The maximum atomic E-state index is 12.5. The normalized spacial score (nSPS) is 16.0. The summed E-state index contributed by atoms with van der Waals surface area (Å²) < 4.78 is 16.7. The summed E-state index contributed by atoms with van der Waals surface area (Å²) in [6.45, 7) is 3.69. The van der Waals surface area contributed by atoms with E-state index in [1.54, 1.807) is 19.1 Å². The highest BCUT2D eigenvalue weighted by Crippen LogP contribution is 2.34. The van der Waals surface area contributed by atoms with Crippen molar-refractivity contribution in [1.82, 2.24) is 4.90 Å². The molecule has 0 atom stereocenters. The SMILES string of the molecule is CCCCOc1ccc(/C=C2/SC(=S)N(CCOC)C2=O)cc1OC. The van der Waals surface area contributed by atoms with Gasteiger partial charge in [0, 0.05) is 7.11 Å². The van der Waals surface area contributed by atoms with Crippen molar-refractivity contribution in [3.63, 3.8) is 0 Å². The first-order valence-electron chi connectivity index (χ1n) is 8.15. The van der Waals surface area contributed by atoms with E-state index in [1.807, 2.05) is 24.3 Å². The van der Waals surface area contributed by atoms with E-state index >= 15 is 0 Å². The summed E-state index contributed by atoms with van der Waals surface area (Å²) in [6.07, 6.45) is 3.89. The molecule has 1 saturated heterocycles. The number of hydrogen-bond acceptors (Lipinski definition) is 6. The van der Waals surface area contributed by atoms with E-state index in [0.29, 0.717) is 40.5 Å². The zero-order valence-corrected chi connectivity index (χ0v) is 16.4. The number of unbranched alkanes of at least 4 members (excludes halogenated alkanes) is 1. The Morgan fingerprint density at radius 1 is 1.24 bits per heavy atom. The number of amides is 1. The Hall–Kier alpha value is -1.57. The van der Waals surface area contributed by atoms with Gasteiger partial charge in [-0.1, -0.05) is 43.4 Å². The van der Waals surface area contributed by atoms with Crippen LogP contribution >= 0.6 is 24.0 Å². The molecule has 2 rings (SSSR count). The molecule has 1 aromatic carbocycles. The number of thioether (sulfide) groups is 1. The molecule has 1 fully saturated rings. The van der Waals surface area contributed by atoms with Crippen LogP contribution in [0.3, 0.4) is 0 Å². The number of carbonyl (C=O) groups is 1. The molecular formula is C18H23NO4S2. The highest BCUT2D eigenvalue weighted by Gasteiger charge is 2.31. The molecule has 1 aliphatic heterocycles. The number of carbonyl (C=O) groups excluding carboxylic acids is 1. The van der Waals surface area contributed by atoms with Crippen molar-refractivity contribution in [3.05, 3.63) is 28.7 Å². The fraction of sp³-hybridized carbons (Fsp3) is 0.444. The standard InChI is InChI=1S/C18H23NO4S2/c1-4-5-9-23-14-7-6-13(11-15(14)22-3)12-16-17(20)19(8-10-21-2)18(24)25-16/h6-7,11-12H,4-5,8-10H2,1-3H3/b16-12+. The molecule has 0 aromatic heterocycles. The van der Waals surface area contributed by atoms with Crippen LogP contribution in [-0.4, -0.2) is 49.1 Å². The molecule has 0 aliphatic carbocycles. The highest BCUT2D eigenvalue weighted by molar-refractivity contribution is 8.26. The fourth-order valence-corrected chi connectivity index (χ4v) is 3.55. The van der Waals surface area contributed by atoms with Gasteiger partial charge in [0.2, 0.25) is 0 Å². The van der Waals surface area contributed by atoms with Gasteiger partial charge in [0.25, 0.3) is 5.91 Å². The second-order valence-corrected chi connectivity index (χ2v) is 7.11. The number of nitrogens with zero attached hydrogens (tertiary/aromatic N) is 1. The third-order valence-electron chi connectivity index (χ3n) is 3.63. The number of hydrogen-bond donors (Lipinski definition) is 0. The van der Waals surface area contributed by atoms with Crippen LogP contribution < -0.4 is 9.47 Å². The maximum Gasteiger partial charge on any atom is 0.266 e. The third kappa shape index (κ3) is 5.20.